The number of hydrogen-bond acceptors (Lipinski definition) is 16. The summed E-state index contributed by atoms with van der Waals surface area (Å²) in [6, 6.07) is -2.42. The molecule has 1 amide bonds. The highest BCUT2D eigenvalue weighted by Crippen LogP contribution is 2.38. The first kappa shape index (κ1) is 44.1. The van der Waals surface area contributed by atoms with E-state index in [2.05, 4.69) is 39.2 Å². The van der Waals surface area contributed by atoms with Crippen LogP contribution in [0.3, 0.4) is 0 Å². The van der Waals surface area contributed by atoms with Crippen molar-refractivity contribution in [3.8, 4) is 0 Å². The van der Waals surface area contributed by atoms with Gasteiger partial charge in [0.15, 0.2) is 18.2 Å². The van der Waals surface area contributed by atoms with Gasteiger partial charge in [0.05, 0.1) is 51.8 Å². The zero-order chi connectivity index (χ0) is 39.3. The lowest BCUT2D eigenvalue weighted by Gasteiger charge is -2.49. The Morgan fingerprint density at radius 2 is 1.63 bits per heavy atom. The van der Waals surface area contributed by atoms with Crippen LogP contribution < -0.4 is 22.5 Å². The number of nitrogens with two attached hydrogens (primary N) is 3. The Labute approximate surface area is 316 Å². The lowest BCUT2D eigenvalue weighted by Crippen LogP contribution is -2.68. The Balaban J connectivity index is 1.44. The van der Waals surface area contributed by atoms with Gasteiger partial charge in [-0.3, -0.25) is 0 Å². The molecule has 3 saturated heterocycles. The van der Waals surface area contributed by atoms with Crippen LogP contribution in [-0.4, -0.2) is 161 Å². The van der Waals surface area contributed by atoms with Gasteiger partial charge in [-0.25, -0.2) is 4.79 Å². The number of carbonyl (C=O) groups is 1. The first-order valence-electron chi connectivity index (χ1n) is 18.9. The number of aliphatic hydroxyl groups is 1. The summed E-state index contributed by atoms with van der Waals surface area (Å²) in [6.07, 6.45) is -3.15. The van der Waals surface area contributed by atoms with Crippen LogP contribution >= 0.6 is 0 Å². The monoisotopic (exact) mass is 771 g/mol. The predicted octanol–water partition coefficient (Wildman–Crippen LogP) is 1.01. The van der Waals surface area contributed by atoms with Crippen molar-refractivity contribution in [2.45, 2.75) is 132 Å². The Bertz CT molecular complexity index is 1260. The topological polar surface area (TPSA) is 302 Å². The van der Waals surface area contributed by atoms with Crippen molar-refractivity contribution in [3.05, 3.63) is 20.9 Å². The minimum absolute atomic E-state index is 0.00115. The summed E-state index contributed by atoms with van der Waals surface area (Å²) in [7, 11) is 1.55. The Hall–Kier alpha value is -2.59. The van der Waals surface area contributed by atoms with Gasteiger partial charge in [-0.05, 0) is 56.0 Å². The molecule has 4 aliphatic rings. The summed E-state index contributed by atoms with van der Waals surface area (Å²) in [6.45, 7) is 8.21. The van der Waals surface area contributed by atoms with Gasteiger partial charge in [-0.2, -0.15) is 0 Å². The summed E-state index contributed by atoms with van der Waals surface area (Å²) in [5, 5.41) is 22.1. The van der Waals surface area contributed by atoms with Gasteiger partial charge < -0.3 is 70.4 Å². The van der Waals surface area contributed by atoms with Crippen LogP contribution in [-0.2, 0) is 37.9 Å². The number of carbonyl (C=O) groups excluding carboxylic acids is 1. The van der Waals surface area contributed by atoms with Crippen LogP contribution in [0.2, 0.25) is 0 Å². The van der Waals surface area contributed by atoms with Gasteiger partial charge in [-0.1, -0.05) is 24.1 Å². The molecule has 1 aliphatic carbocycles. The van der Waals surface area contributed by atoms with Gasteiger partial charge in [0.1, 0.15) is 30.5 Å². The normalized spacial score (nSPS) is 35.9. The maximum atomic E-state index is 12.4. The number of nitrogens with zero attached hydrogens (tertiary/aromatic N) is 7. The highest BCUT2D eigenvalue weighted by atomic mass is 16.7. The van der Waals surface area contributed by atoms with Crippen LogP contribution in [0, 0.1) is 5.92 Å². The van der Waals surface area contributed by atoms with Crippen molar-refractivity contribution in [2.75, 3.05) is 66.3 Å². The molecule has 0 aromatic heterocycles. The molecule has 21 nitrogen and oxygen atoms in total. The van der Waals surface area contributed by atoms with E-state index in [9.17, 15) is 9.90 Å². The molecule has 1 saturated carbocycles. The lowest BCUT2D eigenvalue weighted by molar-refractivity contribution is -0.308. The van der Waals surface area contributed by atoms with E-state index in [1.54, 1.807) is 14.0 Å². The van der Waals surface area contributed by atoms with E-state index in [0.29, 0.717) is 38.5 Å². The quantitative estimate of drug-likeness (QED) is 0.0444. The average molecular weight is 772 g/mol. The molecule has 0 aromatic carbocycles. The highest BCUT2D eigenvalue weighted by molar-refractivity contribution is 5.71. The molecule has 0 spiro atoms. The molecule has 4 fully saturated rings. The van der Waals surface area contributed by atoms with E-state index in [-0.39, 0.29) is 58.1 Å². The third kappa shape index (κ3) is 12.2. The van der Waals surface area contributed by atoms with E-state index < -0.39 is 72.9 Å². The van der Waals surface area contributed by atoms with Gasteiger partial charge in [-0.15, -0.1) is 0 Å². The molecule has 21 heteroatoms. The molecule has 3 aliphatic heterocycles. The highest BCUT2D eigenvalue weighted by Gasteiger charge is 2.59. The fourth-order valence-electron chi connectivity index (χ4n) is 7.38. The van der Waals surface area contributed by atoms with Crippen LogP contribution in [0.4, 0.5) is 4.79 Å². The molecule has 0 bridgehead atoms. The second-order valence-corrected chi connectivity index (χ2v) is 15.0. The smallest absolute Gasteiger partial charge is 0.410 e. The van der Waals surface area contributed by atoms with Gasteiger partial charge >= 0.3 is 6.09 Å². The Kier molecular flexibility index (Phi) is 17.7. The van der Waals surface area contributed by atoms with E-state index >= 15 is 0 Å². The summed E-state index contributed by atoms with van der Waals surface area (Å²) < 4.78 is 48.4. The zero-order valence-corrected chi connectivity index (χ0v) is 31.9. The lowest BCUT2D eigenvalue weighted by atomic mass is 9.83. The molecule has 4 rings (SSSR count). The van der Waals surface area contributed by atoms with Crippen LogP contribution in [0.1, 0.15) is 52.9 Å². The zero-order valence-electron chi connectivity index (χ0n) is 31.9. The molecular weight excluding hydrogens is 710 g/mol. The van der Waals surface area contributed by atoms with Crippen molar-refractivity contribution >= 4 is 6.09 Å². The maximum Gasteiger partial charge on any atom is 0.410 e. The van der Waals surface area contributed by atoms with Crippen LogP contribution in [0.5, 0.6) is 0 Å². The summed E-state index contributed by atoms with van der Waals surface area (Å²) >= 11 is 0. The molecule has 308 valence electrons. The Morgan fingerprint density at radius 1 is 0.963 bits per heavy atom. The number of ether oxygens (including phenoxy) is 8. The van der Waals surface area contributed by atoms with Crippen LogP contribution in [0.15, 0.2) is 10.2 Å². The number of amides is 1. The maximum absolute atomic E-state index is 12.4. The van der Waals surface area contributed by atoms with Crippen molar-refractivity contribution in [1.82, 2.24) is 10.2 Å². The van der Waals surface area contributed by atoms with Crippen molar-refractivity contribution in [2.24, 2.45) is 33.3 Å². The number of nitrogens with one attached hydrogen (secondary N) is 1. The SMILES string of the molecule is CC(C)CCC(CN=[N+]=[N-])NCC1CCC(N)[C@@H](O[C@@H]2C(N)C[C@@H](N)C(OC3OCC4(C)OC(=O)N(C)C4[C@H]3O)C2OCCOCCOCCN=[N+]=[N-])O1. The van der Waals surface area contributed by atoms with Gasteiger partial charge in [0.2, 0.25) is 0 Å². The largest absolute Gasteiger partial charge is 0.438 e. The molecule has 8 N–H and O–H groups in total. The standard InChI is InChI=1S/C33H61N11O10/c1-19(2)5-6-20(16-41-43-38)39-17-21-7-8-22(34)30(51-21)52-26-23(35)15-24(36)27(28(26)49-14-13-48-12-11-47-10-9-40-42-37)53-31-25(45)29-33(3,18-50-31)54-32(46)44(29)4/h19-31,39,45H,5-18,34-36H2,1-4H3/t20?,21?,22?,23?,24-,25-,26-,27?,28?,29?,30-,31?,33?/m1/s1. The summed E-state index contributed by atoms with van der Waals surface area (Å²) in [5.74, 6) is 0.510. The molecule has 3 heterocycles. The number of likely N-dealkylation sites (N-methyl/N-ethyl adjacent to an activating group) is 1. The fraction of sp³-hybridized carbons (Fsp3) is 0.970. The molecule has 13 atom stereocenters. The molecule has 54 heavy (non-hydrogen) atoms. The second-order valence-electron chi connectivity index (χ2n) is 15.0. The number of fused-ring (bicyclic) bond motifs is 1. The van der Waals surface area contributed by atoms with Gasteiger partial charge in [0.25, 0.3) is 0 Å². The first-order valence-corrected chi connectivity index (χ1v) is 18.9. The minimum Gasteiger partial charge on any atom is -0.438 e. The molecule has 0 radical (unpaired) electrons. The third-order valence-corrected chi connectivity index (χ3v) is 10.3. The number of aliphatic hydroxyl groups excluding tert-OH is 1. The average Bonchev–Trinajstić information content (AvgIpc) is 3.37. The number of azide groups is 2. The van der Waals surface area contributed by atoms with E-state index in [4.69, 9.17) is 66.2 Å². The third-order valence-electron chi connectivity index (χ3n) is 10.3. The molecule has 0 aromatic rings. The summed E-state index contributed by atoms with van der Waals surface area (Å²) in [5.41, 5.74) is 36.2. The molecular formula is C33H61N11O10. The van der Waals surface area contributed by atoms with Crippen molar-refractivity contribution < 1.29 is 47.8 Å². The van der Waals surface area contributed by atoms with Crippen molar-refractivity contribution in [1.29, 1.82) is 0 Å². The predicted molar refractivity (Wildman–Crippen MR) is 194 cm³/mol. The number of rotatable bonds is 22. The Morgan fingerprint density at radius 3 is 2.31 bits per heavy atom. The van der Waals surface area contributed by atoms with Crippen molar-refractivity contribution in [3.63, 3.8) is 0 Å². The fourth-order valence-corrected chi connectivity index (χ4v) is 7.38. The van der Waals surface area contributed by atoms with E-state index in [1.165, 1.54) is 4.90 Å². The minimum atomic E-state index is -1.27. The van der Waals surface area contributed by atoms with E-state index in [1.807, 2.05) is 0 Å². The first-order chi connectivity index (χ1) is 25.9. The summed E-state index contributed by atoms with van der Waals surface area (Å²) in [4.78, 5) is 19.4. The van der Waals surface area contributed by atoms with Crippen LogP contribution in [0.25, 0.3) is 20.9 Å². The molecule has 9 unspecified atom stereocenters. The van der Waals surface area contributed by atoms with Gasteiger partial charge in [0, 0.05) is 54.6 Å². The second kappa shape index (κ2) is 21.6. The number of hydrogen-bond donors (Lipinski definition) is 5. The van der Waals surface area contributed by atoms with E-state index in [0.717, 1.165) is 12.8 Å².